The van der Waals surface area contributed by atoms with Crippen molar-refractivity contribution in [3.8, 4) is 22.8 Å². The molecule has 0 spiro atoms. The van der Waals surface area contributed by atoms with Crippen molar-refractivity contribution in [3.05, 3.63) is 36.0 Å². The van der Waals surface area contributed by atoms with Crippen molar-refractivity contribution < 1.29 is 19.0 Å². The zero-order valence-corrected chi connectivity index (χ0v) is 16.3. The number of hydrogen-bond acceptors (Lipinski definition) is 6. The number of pyridine rings is 1. The average molecular weight is 381 g/mol. The van der Waals surface area contributed by atoms with Crippen LogP contribution in [-0.2, 0) is 4.74 Å². The van der Waals surface area contributed by atoms with Crippen LogP contribution in [0.15, 0.2) is 30.5 Å². The van der Waals surface area contributed by atoms with Crippen molar-refractivity contribution in [2.75, 3.05) is 19.8 Å². The van der Waals surface area contributed by atoms with E-state index in [-0.39, 0.29) is 12.0 Å². The summed E-state index contributed by atoms with van der Waals surface area (Å²) in [5, 5.41) is 5.12. The SMILES string of the molecule is CCCOC(=O)c1cc(-c2ccc3c(c2)OCCO3)nc2c1cnn2C(C)C. The van der Waals surface area contributed by atoms with Crippen LogP contribution in [0.25, 0.3) is 22.3 Å². The minimum Gasteiger partial charge on any atom is -0.486 e. The molecule has 0 aliphatic carbocycles. The summed E-state index contributed by atoms with van der Waals surface area (Å²) < 4.78 is 18.5. The summed E-state index contributed by atoms with van der Waals surface area (Å²) in [5.41, 5.74) is 2.63. The van der Waals surface area contributed by atoms with E-state index in [0.29, 0.717) is 53.6 Å². The first kappa shape index (κ1) is 18.3. The normalized spacial score (nSPS) is 13.1. The van der Waals surface area contributed by atoms with E-state index in [0.717, 1.165) is 12.0 Å². The van der Waals surface area contributed by atoms with E-state index in [1.54, 1.807) is 12.3 Å². The van der Waals surface area contributed by atoms with Crippen LogP contribution >= 0.6 is 0 Å². The number of fused-ring (bicyclic) bond motifs is 2. The Labute approximate surface area is 163 Å². The summed E-state index contributed by atoms with van der Waals surface area (Å²) in [6.45, 7) is 7.45. The topological polar surface area (TPSA) is 75.5 Å². The fraction of sp³-hybridized carbons (Fsp3) is 0.381. The number of carbonyl (C=O) groups is 1. The van der Waals surface area contributed by atoms with Gasteiger partial charge in [-0.2, -0.15) is 5.10 Å². The summed E-state index contributed by atoms with van der Waals surface area (Å²) in [6.07, 6.45) is 2.44. The van der Waals surface area contributed by atoms with Crippen molar-refractivity contribution >= 4 is 17.0 Å². The Morgan fingerprint density at radius 3 is 2.75 bits per heavy atom. The summed E-state index contributed by atoms with van der Waals surface area (Å²) in [6, 6.07) is 7.54. The second-order valence-electron chi connectivity index (χ2n) is 6.97. The van der Waals surface area contributed by atoms with Crippen LogP contribution in [0, 0.1) is 0 Å². The van der Waals surface area contributed by atoms with E-state index in [1.807, 2.05) is 43.7 Å². The van der Waals surface area contributed by atoms with Gasteiger partial charge in [0.2, 0.25) is 0 Å². The quantitative estimate of drug-likeness (QED) is 0.622. The van der Waals surface area contributed by atoms with Crippen LogP contribution in [0.3, 0.4) is 0 Å². The van der Waals surface area contributed by atoms with Gasteiger partial charge in [-0.05, 0) is 44.5 Å². The molecule has 0 amide bonds. The summed E-state index contributed by atoms with van der Waals surface area (Å²) in [4.78, 5) is 17.5. The third-order valence-corrected chi connectivity index (χ3v) is 4.55. The molecule has 0 bridgehead atoms. The lowest BCUT2D eigenvalue weighted by atomic mass is 10.1. The van der Waals surface area contributed by atoms with Crippen LogP contribution in [0.2, 0.25) is 0 Å². The van der Waals surface area contributed by atoms with Crippen molar-refractivity contribution in [1.29, 1.82) is 0 Å². The molecule has 1 aromatic carbocycles. The van der Waals surface area contributed by atoms with Crippen LogP contribution in [0.5, 0.6) is 11.5 Å². The minimum atomic E-state index is -0.364. The number of ether oxygens (including phenoxy) is 3. The molecule has 4 rings (SSSR count). The molecule has 0 fully saturated rings. The fourth-order valence-electron chi connectivity index (χ4n) is 3.19. The Hall–Kier alpha value is -3.09. The van der Waals surface area contributed by atoms with Crippen LogP contribution < -0.4 is 9.47 Å². The van der Waals surface area contributed by atoms with Gasteiger partial charge in [-0.15, -0.1) is 0 Å². The highest BCUT2D eigenvalue weighted by Crippen LogP contribution is 2.35. The van der Waals surface area contributed by atoms with Crippen LogP contribution in [-0.4, -0.2) is 40.6 Å². The second-order valence-corrected chi connectivity index (χ2v) is 6.97. The predicted molar refractivity (Wildman–Crippen MR) is 105 cm³/mol. The lowest BCUT2D eigenvalue weighted by Crippen LogP contribution is -2.15. The lowest BCUT2D eigenvalue weighted by molar-refractivity contribution is 0.0507. The third-order valence-electron chi connectivity index (χ3n) is 4.55. The summed E-state index contributed by atoms with van der Waals surface area (Å²) in [5.74, 6) is 1.03. The third kappa shape index (κ3) is 3.28. The van der Waals surface area contributed by atoms with Gasteiger partial charge in [0, 0.05) is 11.6 Å². The standard InChI is InChI=1S/C21H23N3O4/c1-4-7-28-21(25)15-11-17(23-20-16(15)12-22-24(20)13(2)3)14-5-6-18-19(10-14)27-9-8-26-18/h5-6,10-13H,4,7-9H2,1-3H3. The van der Waals surface area contributed by atoms with Gasteiger partial charge in [0.05, 0.1) is 29.4 Å². The monoisotopic (exact) mass is 381 g/mol. The van der Waals surface area contributed by atoms with Crippen LogP contribution in [0.4, 0.5) is 0 Å². The van der Waals surface area contributed by atoms with Gasteiger partial charge in [-0.25, -0.2) is 14.5 Å². The van der Waals surface area contributed by atoms with E-state index in [9.17, 15) is 4.79 Å². The zero-order chi connectivity index (χ0) is 19.7. The molecule has 0 unspecified atom stereocenters. The smallest absolute Gasteiger partial charge is 0.339 e. The Balaban J connectivity index is 1.86. The molecule has 0 radical (unpaired) electrons. The van der Waals surface area contributed by atoms with Gasteiger partial charge in [-0.3, -0.25) is 0 Å². The largest absolute Gasteiger partial charge is 0.486 e. The molecule has 1 aliphatic rings. The highest BCUT2D eigenvalue weighted by molar-refractivity contribution is 6.03. The Morgan fingerprint density at radius 2 is 2.00 bits per heavy atom. The molecule has 3 aromatic rings. The first-order valence-electron chi connectivity index (χ1n) is 9.54. The van der Waals surface area contributed by atoms with E-state index < -0.39 is 0 Å². The number of nitrogens with zero attached hydrogens (tertiary/aromatic N) is 3. The molecule has 3 heterocycles. The highest BCUT2D eigenvalue weighted by Gasteiger charge is 2.20. The number of hydrogen-bond donors (Lipinski definition) is 0. The van der Waals surface area contributed by atoms with Gasteiger partial charge in [0.25, 0.3) is 0 Å². The van der Waals surface area contributed by atoms with Crippen molar-refractivity contribution in [3.63, 3.8) is 0 Å². The molecule has 0 atom stereocenters. The maximum absolute atomic E-state index is 12.7. The summed E-state index contributed by atoms with van der Waals surface area (Å²) >= 11 is 0. The lowest BCUT2D eigenvalue weighted by Gasteiger charge is -2.19. The molecule has 2 aromatic heterocycles. The minimum absolute atomic E-state index is 0.111. The zero-order valence-electron chi connectivity index (χ0n) is 16.3. The van der Waals surface area contributed by atoms with E-state index in [1.165, 1.54) is 0 Å². The van der Waals surface area contributed by atoms with Crippen molar-refractivity contribution in [2.45, 2.75) is 33.2 Å². The van der Waals surface area contributed by atoms with Gasteiger partial charge in [0.1, 0.15) is 13.2 Å². The van der Waals surface area contributed by atoms with Gasteiger partial charge < -0.3 is 14.2 Å². The molecule has 0 N–H and O–H groups in total. The molecule has 0 saturated heterocycles. The molecular formula is C21H23N3O4. The first-order valence-corrected chi connectivity index (χ1v) is 9.54. The molecule has 1 aliphatic heterocycles. The molecule has 28 heavy (non-hydrogen) atoms. The Morgan fingerprint density at radius 1 is 1.21 bits per heavy atom. The van der Waals surface area contributed by atoms with Crippen molar-refractivity contribution in [2.24, 2.45) is 0 Å². The highest BCUT2D eigenvalue weighted by atomic mass is 16.6. The number of aromatic nitrogens is 3. The summed E-state index contributed by atoms with van der Waals surface area (Å²) in [7, 11) is 0. The average Bonchev–Trinajstić information content (AvgIpc) is 3.15. The van der Waals surface area contributed by atoms with Crippen molar-refractivity contribution in [1.82, 2.24) is 14.8 Å². The van der Waals surface area contributed by atoms with Crippen LogP contribution in [0.1, 0.15) is 43.6 Å². The molecule has 146 valence electrons. The second kappa shape index (κ2) is 7.50. The van der Waals surface area contributed by atoms with Gasteiger partial charge >= 0.3 is 5.97 Å². The van der Waals surface area contributed by atoms with E-state index in [4.69, 9.17) is 19.2 Å². The number of rotatable bonds is 5. The molecular weight excluding hydrogens is 358 g/mol. The number of esters is 1. The Bertz CT molecular complexity index is 1030. The van der Waals surface area contributed by atoms with E-state index >= 15 is 0 Å². The molecule has 7 nitrogen and oxygen atoms in total. The van der Waals surface area contributed by atoms with E-state index in [2.05, 4.69) is 5.10 Å². The Kier molecular flexibility index (Phi) is 4.90. The molecule has 0 saturated carbocycles. The number of carbonyl (C=O) groups excluding carboxylic acids is 1. The van der Waals surface area contributed by atoms with Gasteiger partial charge in [0.15, 0.2) is 17.1 Å². The molecule has 7 heteroatoms. The van der Waals surface area contributed by atoms with Gasteiger partial charge in [-0.1, -0.05) is 6.92 Å². The predicted octanol–water partition coefficient (Wildman–Crippen LogP) is 4.02. The maximum Gasteiger partial charge on any atom is 0.339 e. The maximum atomic E-state index is 12.7. The fourth-order valence-corrected chi connectivity index (χ4v) is 3.19. The first-order chi connectivity index (χ1) is 13.6. The number of benzene rings is 1.